The monoisotopic (exact) mass is 547 g/mol. The number of amides is 2. The lowest BCUT2D eigenvalue weighted by Crippen LogP contribution is -2.32. The maximum absolute atomic E-state index is 12.9. The van der Waals surface area contributed by atoms with Gasteiger partial charge in [0.15, 0.2) is 0 Å². The van der Waals surface area contributed by atoms with E-state index in [1.165, 1.54) is 36.4 Å². The molecule has 7 nitrogen and oxygen atoms in total. The van der Waals surface area contributed by atoms with E-state index in [-0.39, 0.29) is 40.7 Å². The molecule has 2 amide bonds. The average molecular weight is 548 g/mol. The second-order valence-electron chi connectivity index (χ2n) is 7.63. The number of carbonyl (C=O) groups is 2. The molecular formula is C25H17ClF3N3O4S. The van der Waals surface area contributed by atoms with Crippen molar-refractivity contribution in [3.05, 3.63) is 87.8 Å². The Hall–Kier alpha value is -3.83. The van der Waals surface area contributed by atoms with Crippen LogP contribution in [0.5, 0.6) is 11.5 Å². The lowest BCUT2D eigenvalue weighted by atomic mass is 10.1. The Morgan fingerprint density at radius 1 is 1.00 bits per heavy atom. The molecule has 12 heteroatoms. The number of benzene rings is 3. The van der Waals surface area contributed by atoms with Gasteiger partial charge in [-0.1, -0.05) is 17.7 Å². The zero-order valence-electron chi connectivity index (χ0n) is 18.8. The van der Waals surface area contributed by atoms with E-state index >= 15 is 0 Å². The summed E-state index contributed by atoms with van der Waals surface area (Å²) in [5.74, 6) is -0.200. The van der Waals surface area contributed by atoms with Gasteiger partial charge in [-0.15, -0.1) is 0 Å². The van der Waals surface area contributed by atoms with Crippen LogP contribution in [0, 0.1) is 0 Å². The number of nitrogens with zero attached hydrogens (tertiary/aromatic N) is 3. The molecule has 1 heterocycles. The number of ether oxygens (including phenoxy) is 1. The van der Waals surface area contributed by atoms with Crippen molar-refractivity contribution in [2.75, 3.05) is 13.2 Å². The predicted octanol–water partition coefficient (Wildman–Crippen LogP) is 7.60. The molecule has 4 rings (SSSR count). The lowest BCUT2D eigenvalue weighted by molar-refractivity contribution is -0.137. The Morgan fingerprint density at radius 2 is 1.70 bits per heavy atom. The highest BCUT2D eigenvalue weighted by atomic mass is 35.5. The standard InChI is InChI=1S/C25H17ClF3N3O4S/c26-17-4-7-20(8-5-17)36-11-10-32-23(34)22(37-24(32)35)13-15-12-19(6-9-21(15)33)31-30-18-3-1-2-16(14-18)25(27,28)29/h1-9,12-14,33H,10-11H2/b22-13-,31-30?. The van der Waals surface area contributed by atoms with E-state index in [9.17, 15) is 27.9 Å². The highest BCUT2D eigenvalue weighted by Gasteiger charge is 2.35. The van der Waals surface area contributed by atoms with E-state index in [1.54, 1.807) is 24.3 Å². The summed E-state index contributed by atoms with van der Waals surface area (Å²) in [5.41, 5.74) is -0.462. The van der Waals surface area contributed by atoms with Gasteiger partial charge in [-0.2, -0.15) is 23.4 Å². The summed E-state index contributed by atoms with van der Waals surface area (Å²) in [6.07, 6.45) is -3.17. The first-order valence-corrected chi connectivity index (χ1v) is 11.9. The Morgan fingerprint density at radius 3 is 2.41 bits per heavy atom. The molecule has 0 aromatic heterocycles. The first-order chi connectivity index (χ1) is 17.6. The van der Waals surface area contributed by atoms with Gasteiger partial charge in [0.1, 0.15) is 18.1 Å². The van der Waals surface area contributed by atoms with Gasteiger partial charge >= 0.3 is 6.18 Å². The molecule has 1 fully saturated rings. The van der Waals surface area contributed by atoms with E-state index in [2.05, 4.69) is 10.2 Å². The second-order valence-corrected chi connectivity index (χ2v) is 9.06. The zero-order valence-corrected chi connectivity index (χ0v) is 20.3. The molecule has 3 aromatic carbocycles. The number of phenols is 1. The molecule has 1 aliphatic heterocycles. The molecule has 1 saturated heterocycles. The first kappa shape index (κ1) is 26.2. The van der Waals surface area contributed by atoms with Crippen molar-refractivity contribution in [2.24, 2.45) is 10.2 Å². The van der Waals surface area contributed by atoms with Crippen LogP contribution in [0.3, 0.4) is 0 Å². The summed E-state index contributed by atoms with van der Waals surface area (Å²) < 4.78 is 44.2. The highest BCUT2D eigenvalue weighted by molar-refractivity contribution is 8.18. The molecule has 0 unspecified atom stereocenters. The van der Waals surface area contributed by atoms with E-state index in [1.807, 2.05) is 0 Å². The van der Waals surface area contributed by atoms with Crippen molar-refractivity contribution in [2.45, 2.75) is 6.18 Å². The van der Waals surface area contributed by atoms with E-state index < -0.39 is 22.9 Å². The molecule has 0 bridgehead atoms. The SMILES string of the molecule is O=C1S/C(=C\c2cc(N=Nc3cccc(C(F)(F)F)c3)ccc2O)C(=O)N1CCOc1ccc(Cl)cc1. The van der Waals surface area contributed by atoms with Crippen molar-refractivity contribution in [3.63, 3.8) is 0 Å². The van der Waals surface area contributed by atoms with Crippen molar-refractivity contribution < 1.29 is 32.6 Å². The molecular weight excluding hydrogens is 531 g/mol. The Balaban J connectivity index is 1.45. The van der Waals surface area contributed by atoms with Gasteiger partial charge in [0.05, 0.1) is 28.4 Å². The average Bonchev–Trinajstić information content (AvgIpc) is 3.12. The van der Waals surface area contributed by atoms with Gasteiger partial charge in [-0.25, -0.2) is 0 Å². The fourth-order valence-electron chi connectivity index (χ4n) is 3.20. The van der Waals surface area contributed by atoms with Gasteiger partial charge in [0.25, 0.3) is 11.1 Å². The van der Waals surface area contributed by atoms with Crippen LogP contribution in [-0.2, 0) is 11.0 Å². The topological polar surface area (TPSA) is 91.6 Å². The summed E-state index contributed by atoms with van der Waals surface area (Å²) in [5, 5.41) is 18.0. The number of phenolic OH excluding ortho intramolecular Hbond substituents is 1. The van der Waals surface area contributed by atoms with E-state index in [0.717, 1.165) is 17.0 Å². The number of alkyl halides is 3. The predicted molar refractivity (Wildman–Crippen MR) is 133 cm³/mol. The van der Waals surface area contributed by atoms with Crippen LogP contribution in [0.15, 0.2) is 81.9 Å². The molecule has 0 radical (unpaired) electrons. The van der Waals surface area contributed by atoms with Crippen LogP contribution in [-0.4, -0.2) is 34.3 Å². The minimum Gasteiger partial charge on any atom is -0.507 e. The van der Waals surface area contributed by atoms with Gasteiger partial charge in [-0.3, -0.25) is 14.5 Å². The number of halogens is 4. The van der Waals surface area contributed by atoms with Crippen molar-refractivity contribution in [3.8, 4) is 11.5 Å². The summed E-state index contributed by atoms with van der Waals surface area (Å²) >= 11 is 6.54. The van der Waals surface area contributed by atoms with Gasteiger partial charge < -0.3 is 9.84 Å². The molecule has 1 N–H and O–H groups in total. The summed E-state index contributed by atoms with van der Waals surface area (Å²) in [4.78, 5) is 26.2. The third-order valence-corrected chi connectivity index (χ3v) is 6.18. The fourth-order valence-corrected chi connectivity index (χ4v) is 4.18. The summed E-state index contributed by atoms with van der Waals surface area (Å²) in [7, 11) is 0. The minimum atomic E-state index is -4.51. The molecule has 190 valence electrons. The first-order valence-electron chi connectivity index (χ1n) is 10.7. The number of carbonyl (C=O) groups excluding carboxylic acids is 2. The number of aromatic hydroxyl groups is 1. The number of thioether (sulfide) groups is 1. The molecule has 0 saturated carbocycles. The number of rotatable bonds is 7. The van der Waals surface area contributed by atoms with E-state index in [4.69, 9.17) is 16.3 Å². The Labute approximate surface area is 218 Å². The van der Waals surface area contributed by atoms with Crippen LogP contribution in [0.1, 0.15) is 11.1 Å². The third-order valence-electron chi connectivity index (χ3n) is 5.02. The van der Waals surface area contributed by atoms with Gasteiger partial charge in [0.2, 0.25) is 0 Å². The highest BCUT2D eigenvalue weighted by Crippen LogP contribution is 2.35. The third kappa shape index (κ3) is 6.69. The van der Waals surface area contributed by atoms with Gasteiger partial charge in [0, 0.05) is 10.6 Å². The lowest BCUT2D eigenvalue weighted by Gasteiger charge is -2.13. The fraction of sp³-hybridized carbons (Fsp3) is 0.120. The Bertz CT molecular complexity index is 1390. The quantitative estimate of drug-likeness (QED) is 0.243. The van der Waals surface area contributed by atoms with Crippen LogP contribution < -0.4 is 4.74 Å². The van der Waals surface area contributed by atoms with Gasteiger partial charge in [-0.05, 0) is 78.5 Å². The summed E-state index contributed by atoms with van der Waals surface area (Å²) in [6.45, 7) is 0.0888. The summed E-state index contributed by atoms with van der Waals surface area (Å²) in [6, 6.07) is 15.1. The van der Waals surface area contributed by atoms with Crippen molar-refractivity contribution in [1.82, 2.24) is 4.90 Å². The number of imide groups is 1. The number of azo groups is 1. The van der Waals surface area contributed by atoms with Crippen molar-refractivity contribution >= 4 is 52.0 Å². The molecule has 3 aromatic rings. The number of hydrogen-bond acceptors (Lipinski definition) is 7. The maximum atomic E-state index is 12.9. The molecule has 37 heavy (non-hydrogen) atoms. The molecule has 1 aliphatic rings. The molecule has 0 atom stereocenters. The smallest absolute Gasteiger partial charge is 0.416 e. The zero-order chi connectivity index (χ0) is 26.6. The maximum Gasteiger partial charge on any atom is 0.416 e. The van der Waals surface area contributed by atoms with E-state index in [0.29, 0.717) is 22.5 Å². The van der Waals surface area contributed by atoms with Crippen LogP contribution in [0.4, 0.5) is 29.3 Å². The van der Waals surface area contributed by atoms with Crippen LogP contribution >= 0.6 is 23.4 Å². The van der Waals surface area contributed by atoms with Crippen LogP contribution in [0.2, 0.25) is 5.02 Å². The van der Waals surface area contributed by atoms with Crippen molar-refractivity contribution in [1.29, 1.82) is 0 Å². The molecule has 0 spiro atoms. The van der Waals surface area contributed by atoms with Crippen LogP contribution in [0.25, 0.3) is 6.08 Å². The largest absolute Gasteiger partial charge is 0.507 e. The molecule has 0 aliphatic carbocycles. The second kappa shape index (κ2) is 11.1. The Kier molecular flexibility index (Phi) is 7.84. The number of hydrogen-bond donors (Lipinski definition) is 1. The normalized spacial score (nSPS) is 15.2. The minimum absolute atomic E-state index is 0.00797.